The number of nitrogens with zero attached hydrogens (tertiary/aromatic N) is 4. The lowest BCUT2D eigenvalue weighted by Crippen LogP contribution is -2.17. The molecular weight excluding hydrogens is 721 g/mol. The third kappa shape index (κ3) is 5.08. The molecule has 0 saturated heterocycles. The molecule has 0 bridgehead atoms. The second kappa shape index (κ2) is 12.7. The minimum absolute atomic E-state index is 0.264. The van der Waals surface area contributed by atoms with Crippen molar-refractivity contribution in [2.45, 2.75) is 19.3 Å². The van der Waals surface area contributed by atoms with Gasteiger partial charge in [0.05, 0.1) is 11.0 Å². The van der Waals surface area contributed by atoms with Crippen LogP contribution in [0.1, 0.15) is 25.0 Å². The maximum atomic E-state index is 6.38. The number of fused-ring (bicyclic) bond motifs is 10. The van der Waals surface area contributed by atoms with E-state index in [1.807, 2.05) is 24.3 Å². The van der Waals surface area contributed by atoms with E-state index in [9.17, 15) is 0 Å². The van der Waals surface area contributed by atoms with Crippen molar-refractivity contribution in [3.63, 3.8) is 0 Å². The van der Waals surface area contributed by atoms with E-state index in [2.05, 4.69) is 176 Å². The molecular formula is C54H36N4O. The molecule has 8 aromatic carbocycles. The second-order valence-corrected chi connectivity index (χ2v) is 16.0. The molecule has 12 rings (SSSR count). The van der Waals surface area contributed by atoms with E-state index >= 15 is 0 Å². The Bertz CT molecular complexity index is 3480. The standard InChI is InChI=1S/C54H36N4O/c1-54(2)44-25-9-6-21-38(44)40-29-30-41-39-22-7-10-26-45(39)58(50(41)49(40)54)53-56-51(55-52(57-53)43-24-14-28-47-48(43)42-23-8-11-27-46(42)59-47)37-20-13-19-36(32-37)35-18-12-17-34(31-35)33-15-4-3-5-16-33/h3-32H,1-2H3. The second-order valence-electron chi connectivity index (χ2n) is 16.0. The fourth-order valence-corrected chi connectivity index (χ4v) is 9.54. The van der Waals surface area contributed by atoms with E-state index in [0.29, 0.717) is 17.6 Å². The lowest BCUT2D eigenvalue weighted by Gasteiger charge is -2.23. The largest absolute Gasteiger partial charge is 0.456 e. The van der Waals surface area contributed by atoms with E-state index in [0.717, 1.165) is 60.6 Å². The minimum Gasteiger partial charge on any atom is -0.456 e. The minimum atomic E-state index is -0.264. The van der Waals surface area contributed by atoms with Gasteiger partial charge in [-0.1, -0.05) is 166 Å². The van der Waals surface area contributed by atoms with Gasteiger partial charge in [0.25, 0.3) is 0 Å². The molecule has 1 aliphatic rings. The lowest BCUT2D eigenvalue weighted by molar-refractivity contribution is 0.663. The van der Waals surface area contributed by atoms with Crippen molar-refractivity contribution in [1.82, 2.24) is 19.5 Å². The van der Waals surface area contributed by atoms with Gasteiger partial charge in [0.15, 0.2) is 11.6 Å². The first-order valence-corrected chi connectivity index (χ1v) is 20.1. The summed E-state index contributed by atoms with van der Waals surface area (Å²) >= 11 is 0. The summed E-state index contributed by atoms with van der Waals surface area (Å²) in [5.74, 6) is 1.74. The first-order valence-electron chi connectivity index (χ1n) is 20.1. The van der Waals surface area contributed by atoms with Gasteiger partial charge in [-0.25, -0.2) is 4.98 Å². The van der Waals surface area contributed by atoms with Crippen LogP contribution in [0.2, 0.25) is 0 Å². The van der Waals surface area contributed by atoms with Gasteiger partial charge in [-0.15, -0.1) is 0 Å². The summed E-state index contributed by atoms with van der Waals surface area (Å²) in [6, 6.07) is 64.1. The number of hydrogen-bond acceptors (Lipinski definition) is 4. The van der Waals surface area contributed by atoms with Crippen LogP contribution in [0.4, 0.5) is 0 Å². The normalized spacial score (nSPS) is 13.1. The van der Waals surface area contributed by atoms with Gasteiger partial charge in [0.2, 0.25) is 5.95 Å². The van der Waals surface area contributed by atoms with Crippen LogP contribution >= 0.6 is 0 Å². The van der Waals surface area contributed by atoms with Crippen LogP contribution in [0.5, 0.6) is 0 Å². The molecule has 0 unspecified atom stereocenters. The molecule has 3 heterocycles. The summed E-state index contributed by atoms with van der Waals surface area (Å²) in [6.07, 6.45) is 0. The number of hydrogen-bond donors (Lipinski definition) is 0. The number of rotatable bonds is 5. The Balaban J connectivity index is 1.14. The van der Waals surface area contributed by atoms with Crippen molar-refractivity contribution in [1.29, 1.82) is 0 Å². The van der Waals surface area contributed by atoms with Crippen molar-refractivity contribution >= 4 is 43.7 Å². The van der Waals surface area contributed by atoms with Gasteiger partial charge in [0.1, 0.15) is 11.2 Å². The smallest absolute Gasteiger partial charge is 0.238 e. The first kappa shape index (κ1) is 33.5. The average molecular weight is 757 g/mol. The average Bonchev–Trinajstić information content (AvgIpc) is 3.92. The van der Waals surface area contributed by atoms with Crippen LogP contribution in [0.15, 0.2) is 186 Å². The van der Waals surface area contributed by atoms with Crippen LogP contribution in [0, 0.1) is 0 Å². The Morgan fingerprint density at radius 2 is 1.05 bits per heavy atom. The fourth-order valence-electron chi connectivity index (χ4n) is 9.54. The lowest BCUT2D eigenvalue weighted by atomic mass is 9.81. The maximum absolute atomic E-state index is 6.38. The highest BCUT2D eigenvalue weighted by molar-refractivity contribution is 6.14. The molecule has 0 spiro atoms. The highest BCUT2D eigenvalue weighted by Crippen LogP contribution is 2.53. The van der Waals surface area contributed by atoms with E-state index < -0.39 is 0 Å². The Morgan fingerprint density at radius 1 is 0.441 bits per heavy atom. The zero-order chi connectivity index (χ0) is 39.2. The third-order valence-electron chi connectivity index (χ3n) is 12.2. The summed E-state index contributed by atoms with van der Waals surface area (Å²) in [5.41, 5.74) is 15.0. The molecule has 0 atom stereocenters. The van der Waals surface area contributed by atoms with Crippen LogP contribution in [0.25, 0.3) is 106 Å². The van der Waals surface area contributed by atoms with Gasteiger partial charge >= 0.3 is 0 Å². The van der Waals surface area contributed by atoms with Gasteiger partial charge in [-0.3, -0.25) is 4.57 Å². The molecule has 59 heavy (non-hydrogen) atoms. The molecule has 0 radical (unpaired) electrons. The molecule has 0 amide bonds. The molecule has 0 fully saturated rings. The molecule has 0 N–H and O–H groups in total. The van der Waals surface area contributed by atoms with E-state index in [1.165, 1.54) is 38.8 Å². The Labute approximate surface area is 340 Å². The van der Waals surface area contributed by atoms with Gasteiger partial charge in [-0.05, 0) is 74.8 Å². The molecule has 3 aromatic heterocycles. The number of furan rings is 1. The van der Waals surface area contributed by atoms with Crippen molar-refractivity contribution in [3.8, 4) is 62.1 Å². The fraction of sp³-hybridized carbons (Fsp3) is 0.0556. The quantitative estimate of drug-likeness (QED) is 0.175. The van der Waals surface area contributed by atoms with Crippen LogP contribution in [0.3, 0.4) is 0 Å². The summed E-state index contributed by atoms with van der Waals surface area (Å²) in [4.78, 5) is 16.2. The summed E-state index contributed by atoms with van der Waals surface area (Å²) in [7, 11) is 0. The van der Waals surface area contributed by atoms with Gasteiger partial charge < -0.3 is 4.42 Å². The van der Waals surface area contributed by atoms with Crippen LogP contribution in [-0.2, 0) is 5.41 Å². The molecule has 278 valence electrons. The van der Waals surface area contributed by atoms with Crippen LogP contribution in [-0.4, -0.2) is 19.5 Å². The highest BCUT2D eigenvalue weighted by atomic mass is 16.3. The van der Waals surface area contributed by atoms with Crippen molar-refractivity contribution < 1.29 is 4.42 Å². The van der Waals surface area contributed by atoms with E-state index in [-0.39, 0.29) is 5.41 Å². The first-order chi connectivity index (χ1) is 29.0. The zero-order valence-corrected chi connectivity index (χ0v) is 32.5. The van der Waals surface area contributed by atoms with Gasteiger partial charge in [-0.2, -0.15) is 9.97 Å². The molecule has 0 aliphatic heterocycles. The SMILES string of the molecule is CC1(C)c2ccccc2-c2ccc3c4ccccc4n(-c4nc(-c5cccc(-c6cccc(-c7ccccc7)c6)c5)nc(-c5cccc6oc7ccccc7c56)n4)c3c21. The predicted molar refractivity (Wildman–Crippen MR) is 241 cm³/mol. The van der Waals surface area contributed by atoms with Crippen molar-refractivity contribution in [2.75, 3.05) is 0 Å². The Kier molecular flexibility index (Phi) is 7.20. The predicted octanol–water partition coefficient (Wildman–Crippen LogP) is 13.8. The Morgan fingerprint density at radius 3 is 1.90 bits per heavy atom. The van der Waals surface area contributed by atoms with Gasteiger partial charge in [0, 0.05) is 38.1 Å². The van der Waals surface area contributed by atoms with E-state index in [4.69, 9.17) is 19.4 Å². The maximum Gasteiger partial charge on any atom is 0.238 e. The summed E-state index contributed by atoms with van der Waals surface area (Å²) < 4.78 is 8.67. The highest BCUT2D eigenvalue weighted by Gasteiger charge is 2.38. The molecule has 5 nitrogen and oxygen atoms in total. The molecule has 0 saturated carbocycles. The Hall–Kier alpha value is -7.63. The molecule has 1 aliphatic carbocycles. The third-order valence-corrected chi connectivity index (χ3v) is 12.2. The van der Waals surface area contributed by atoms with Crippen LogP contribution < -0.4 is 0 Å². The van der Waals surface area contributed by atoms with Crippen molar-refractivity contribution in [2.24, 2.45) is 0 Å². The summed E-state index contributed by atoms with van der Waals surface area (Å²) in [6.45, 7) is 4.68. The number of para-hydroxylation sites is 2. The monoisotopic (exact) mass is 756 g/mol. The molecule has 11 aromatic rings. The van der Waals surface area contributed by atoms with Crippen molar-refractivity contribution in [3.05, 3.63) is 193 Å². The molecule has 5 heteroatoms. The number of aromatic nitrogens is 4. The topological polar surface area (TPSA) is 56.7 Å². The number of benzene rings is 8. The summed E-state index contributed by atoms with van der Waals surface area (Å²) in [5, 5.41) is 4.34. The van der Waals surface area contributed by atoms with E-state index in [1.54, 1.807) is 0 Å². The zero-order valence-electron chi connectivity index (χ0n) is 32.5.